The molecule has 0 radical (unpaired) electrons. The van der Waals surface area contributed by atoms with E-state index in [2.05, 4.69) is 10.3 Å². The number of hydrogen-bond acceptors (Lipinski definition) is 2. The first-order valence-corrected chi connectivity index (χ1v) is 10.2. The second kappa shape index (κ2) is 9.85. The van der Waals surface area contributed by atoms with Gasteiger partial charge in [0.15, 0.2) is 5.96 Å². The molecular formula is C23H27F3N4O. The van der Waals surface area contributed by atoms with Crippen LogP contribution < -0.4 is 5.32 Å². The average Bonchev–Trinajstić information content (AvgIpc) is 3.14. The Balaban J connectivity index is 1.61. The quantitative estimate of drug-likeness (QED) is 0.554. The summed E-state index contributed by atoms with van der Waals surface area (Å²) in [4.78, 5) is 20.0. The molecule has 1 aliphatic heterocycles. The zero-order valence-corrected chi connectivity index (χ0v) is 17.7. The summed E-state index contributed by atoms with van der Waals surface area (Å²) in [5.41, 5.74) is 2.26. The molecule has 166 valence electrons. The number of guanidine groups is 1. The molecule has 1 saturated heterocycles. The fourth-order valence-electron chi connectivity index (χ4n) is 3.67. The first-order valence-electron chi connectivity index (χ1n) is 10.2. The maximum absolute atomic E-state index is 12.7. The van der Waals surface area contributed by atoms with Crippen LogP contribution in [-0.4, -0.2) is 42.3 Å². The van der Waals surface area contributed by atoms with Crippen LogP contribution in [0.4, 0.5) is 13.2 Å². The van der Waals surface area contributed by atoms with Gasteiger partial charge in [0.1, 0.15) is 0 Å². The van der Waals surface area contributed by atoms with Crippen molar-refractivity contribution in [3.8, 4) is 0 Å². The minimum absolute atomic E-state index is 0.190. The van der Waals surface area contributed by atoms with Gasteiger partial charge in [-0.2, -0.15) is 13.2 Å². The Kier molecular flexibility index (Phi) is 7.20. The zero-order chi connectivity index (χ0) is 22.4. The second-order valence-electron chi connectivity index (χ2n) is 7.64. The maximum Gasteiger partial charge on any atom is 0.416 e. The van der Waals surface area contributed by atoms with E-state index in [1.54, 1.807) is 7.05 Å². The Morgan fingerprint density at radius 1 is 1.13 bits per heavy atom. The van der Waals surface area contributed by atoms with E-state index in [1.165, 1.54) is 12.1 Å². The van der Waals surface area contributed by atoms with Gasteiger partial charge in [0.05, 0.1) is 5.56 Å². The number of likely N-dealkylation sites (tertiary alicyclic amines) is 1. The van der Waals surface area contributed by atoms with Crippen molar-refractivity contribution in [2.75, 3.05) is 20.6 Å². The number of halogens is 3. The van der Waals surface area contributed by atoms with E-state index < -0.39 is 11.7 Å². The third-order valence-corrected chi connectivity index (χ3v) is 5.36. The van der Waals surface area contributed by atoms with Crippen molar-refractivity contribution in [3.63, 3.8) is 0 Å². The number of carbonyl (C=O) groups excluding carboxylic acids is 1. The largest absolute Gasteiger partial charge is 0.416 e. The van der Waals surface area contributed by atoms with Gasteiger partial charge in [-0.1, -0.05) is 36.4 Å². The topological polar surface area (TPSA) is 47.9 Å². The molecule has 1 fully saturated rings. The first-order chi connectivity index (χ1) is 14.8. The number of alkyl halides is 3. The fraction of sp³-hybridized carbons (Fsp3) is 0.391. The van der Waals surface area contributed by atoms with E-state index in [1.807, 2.05) is 41.1 Å². The maximum atomic E-state index is 12.7. The summed E-state index contributed by atoms with van der Waals surface area (Å²) in [5.74, 6) is 0.821. The SMILES string of the molecule is CN=C(NCc1ccccc1CN1CCCC1=O)N(C)Cc1ccc(C(F)(F)F)cc1. The van der Waals surface area contributed by atoms with Crippen molar-refractivity contribution in [3.05, 3.63) is 70.8 Å². The lowest BCUT2D eigenvalue weighted by Crippen LogP contribution is -2.38. The molecule has 0 saturated carbocycles. The smallest absolute Gasteiger partial charge is 0.352 e. The lowest BCUT2D eigenvalue weighted by atomic mass is 10.1. The van der Waals surface area contributed by atoms with Gasteiger partial charge in [-0.3, -0.25) is 9.79 Å². The number of carbonyl (C=O) groups is 1. The van der Waals surface area contributed by atoms with Crippen LogP contribution >= 0.6 is 0 Å². The standard InChI is InChI=1S/C23H27F3N4O/c1-27-22(29(2)15-17-9-11-20(12-10-17)23(24,25)26)28-14-18-6-3-4-7-19(18)16-30-13-5-8-21(30)31/h3-4,6-7,9-12H,5,8,13-16H2,1-2H3,(H,27,28). The van der Waals surface area contributed by atoms with Crippen molar-refractivity contribution < 1.29 is 18.0 Å². The van der Waals surface area contributed by atoms with E-state index in [4.69, 9.17) is 0 Å². The molecule has 1 amide bonds. The summed E-state index contributed by atoms with van der Waals surface area (Å²) < 4.78 is 38.2. The highest BCUT2D eigenvalue weighted by Gasteiger charge is 2.30. The number of aliphatic imine (C=N–C) groups is 1. The van der Waals surface area contributed by atoms with E-state index in [0.29, 0.717) is 32.0 Å². The molecule has 8 heteroatoms. The molecular weight excluding hydrogens is 405 g/mol. The molecule has 3 rings (SSSR count). The number of rotatable bonds is 6. The Morgan fingerprint density at radius 3 is 2.39 bits per heavy atom. The van der Waals surface area contributed by atoms with Crippen molar-refractivity contribution in [2.24, 2.45) is 4.99 Å². The number of nitrogens with zero attached hydrogens (tertiary/aromatic N) is 3. The summed E-state index contributed by atoms with van der Waals surface area (Å²) in [6.07, 6.45) is -2.82. The van der Waals surface area contributed by atoms with E-state index in [9.17, 15) is 18.0 Å². The minimum atomic E-state index is -4.34. The second-order valence-corrected chi connectivity index (χ2v) is 7.64. The molecule has 1 N–H and O–H groups in total. The molecule has 0 spiro atoms. The number of hydrogen-bond donors (Lipinski definition) is 1. The highest BCUT2D eigenvalue weighted by atomic mass is 19.4. The normalized spacial score (nSPS) is 14.8. The molecule has 1 heterocycles. The third-order valence-electron chi connectivity index (χ3n) is 5.36. The highest BCUT2D eigenvalue weighted by Crippen LogP contribution is 2.29. The van der Waals surface area contributed by atoms with Gasteiger partial charge in [-0.15, -0.1) is 0 Å². The van der Waals surface area contributed by atoms with Gasteiger partial charge in [-0.25, -0.2) is 0 Å². The number of amides is 1. The predicted octanol–water partition coefficient (Wildman–Crippen LogP) is 4.04. The van der Waals surface area contributed by atoms with Crippen LogP contribution in [0.15, 0.2) is 53.5 Å². The van der Waals surface area contributed by atoms with E-state index in [-0.39, 0.29) is 5.91 Å². The monoisotopic (exact) mass is 432 g/mol. The van der Waals surface area contributed by atoms with Crippen LogP contribution in [0.25, 0.3) is 0 Å². The van der Waals surface area contributed by atoms with Crippen molar-refractivity contribution >= 4 is 11.9 Å². The third kappa shape index (κ3) is 5.99. The highest BCUT2D eigenvalue weighted by molar-refractivity contribution is 5.79. The summed E-state index contributed by atoms with van der Waals surface area (Å²) in [5, 5.41) is 3.31. The van der Waals surface area contributed by atoms with E-state index in [0.717, 1.165) is 41.8 Å². The van der Waals surface area contributed by atoms with Gasteiger partial charge in [0, 0.05) is 46.7 Å². The Labute approximate surface area is 180 Å². The van der Waals surface area contributed by atoms with Gasteiger partial charge in [-0.05, 0) is 35.2 Å². The molecule has 0 atom stereocenters. The molecule has 1 aliphatic rings. The van der Waals surface area contributed by atoms with Crippen LogP contribution in [0, 0.1) is 0 Å². The zero-order valence-electron chi connectivity index (χ0n) is 17.7. The Bertz CT molecular complexity index is 925. The molecule has 5 nitrogen and oxygen atoms in total. The van der Waals surface area contributed by atoms with Crippen molar-refractivity contribution in [2.45, 2.75) is 38.7 Å². The summed E-state index contributed by atoms with van der Waals surface area (Å²) in [6.45, 7) is 2.33. The van der Waals surface area contributed by atoms with Crippen LogP contribution in [0.1, 0.15) is 35.1 Å². The summed E-state index contributed by atoms with van der Waals surface area (Å²) in [6, 6.07) is 13.1. The lowest BCUT2D eigenvalue weighted by molar-refractivity contribution is -0.137. The van der Waals surface area contributed by atoms with Crippen LogP contribution in [-0.2, 0) is 30.6 Å². The molecule has 0 aromatic heterocycles. The molecule has 0 aliphatic carbocycles. The van der Waals surface area contributed by atoms with Crippen LogP contribution in [0.2, 0.25) is 0 Å². The minimum Gasteiger partial charge on any atom is -0.352 e. The number of nitrogens with one attached hydrogen (secondary N) is 1. The predicted molar refractivity (Wildman–Crippen MR) is 114 cm³/mol. The van der Waals surface area contributed by atoms with Crippen molar-refractivity contribution in [1.82, 2.24) is 15.1 Å². The lowest BCUT2D eigenvalue weighted by Gasteiger charge is -2.23. The Hall–Kier alpha value is -3.03. The molecule has 2 aromatic rings. The average molecular weight is 432 g/mol. The number of benzene rings is 2. The molecule has 0 bridgehead atoms. The fourth-order valence-corrected chi connectivity index (χ4v) is 3.67. The molecule has 2 aromatic carbocycles. The van der Waals surface area contributed by atoms with Gasteiger partial charge in [0.25, 0.3) is 0 Å². The van der Waals surface area contributed by atoms with Gasteiger partial charge in [0.2, 0.25) is 5.91 Å². The van der Waals surface area contributed by atoms with Crippen LogP contribution in [0.3, 0.4) is 0 Å². The molecule has 0 unspecified atom stereocenters. The summed E-state index contributed by atoms with van der Waals surface area (Å²) in [7, 11) is 3.50. The Morgan fingerprint density at radius 2 is 1.81 bits per heavy atom. The summed E-state index contributed by atoms with van der Waals surface area (Å²) >= 11 is 0. The van der Waals surface area contributed by atoms with Gasteiger partial charge >= 0.3 is 6.18 Å². The van der Waals surface area contributed by atoms with Crippen LogP contribution in [0.5, 0.6) is 0 Å². The van der Waals surface area contributed by atoms with Gasteiger partial charge < -0.3 is 15.1 Å². The first kappa shape index (κ1) is 22.7. The van der Waals surface area contributed by atoms with E-state index >= 15 is 0 Å². The van der Waals surface area contributed by atoms with Crippen molar-refractivity contribution in [1.29, 1.82) is 0 Å². The molecule has 31 heavy (non-hydrogen) atoms.